The van der Waals surface area contributed by atoms with Gasteiger partial charge in [-0.2, -0.15) is 0 Å². The van der Waals surface area contributed by atoms with Crippen molar-refractivity contribution in [2.24, 2.45) is 0 Å². The van der Waals surface area contributed by atoms with Crippen LogP contribution in [0, 0.1) is 5.82 Å². The number of carbonyl (C=O) groups excluding carboxylic acids is 1. The minimum atomic E-state index is -0.675. The molecule has 6 nitrogen and oxygen atoms in total. The lowest BCUT2D eigenvalue weighted by Gasteiger charge is -2.15. The summed E-state index contributed by atoms with van der Waals surface area (Å²) in [4.78, 5) is 12.0. The van der Waals surface area contributed by atoms with Gasteiger partial charge in [-0.1, -0.05) is 0 Å². The summed E-state index contributed by atoms with van der Waals surface area (Å²) in [6.45, 7) is 2.42. The Morgan fingerprint density at radius 3 is 2.68 bits per heavy atom. The van der Waals surface area contributed by atoms with E-state index >= 15 is 0 Å². The Hall–Kier alpha value is -2.96. The molecule has 1 heterocycles. The predicted octanol–water partition coefficient (Wildman–Crippen LogP) is 2.52. The maximum Gasteiger partial charge on any atom is 0.260 e. The molecule has 1 aliphatic heterocycles. The molecule has 2 aromatic carbocycles. The number of carbonyl (C=O) groups is 1. The molecule has 7 heteroatoms. The van der Waals surface area contributed by atoms with Gasteiger partial charge < -0.3 is 24.3 Å². The van der Waals surface area contributed by atoms with E-state index in [0.717, 1.165) is 0 Å². The van der Waals surface area contributed by atoms with Crippen LogP contribution in [-0.4, -0.2) is 32.0 Å². The summed E-state index contributed by atoms with van der Waals surface area (Å²) in [5, 5.41) is 2.72. The smallest absolute Gasteiger partial charge is 0.260 e. The number of amides is 1. The topological polar surface area (TPSA) is 66.0 Å². The monoisotopic (exact) mass is 347 g/mol. The maximum absolute atomic E-state index is 12.8. The number of halogens is 1. The lowest BCUT2D eigenvalue weighted by Crippen LogP contribution is -2.38. The Morgan fingerprint density at radius 2 is 1.88 bits per heavy atom. The molecule has 1 atom stereocenters. The number of rotatable bonds is 7. The van der Waals surface area contributed by atoms with Crippen molar-refractivity contribution in [3.8, 4) is 23.0 Å². The van der Waals surface area contributed by atoms with E-state index in [1.807, 2.05) is 0 Å². The van der Waals surface area contributed by atoms with Crippen molar-refractivity contribution in [1.29, 1.82) is 0 Å². The van der Waals surface area contributed by atoms with Gasteiger partial charge in [-0.25, -0.2) is 4.39 Å². The first-order valence-corrected chi connectivity index (χ1v) is 7.84. The van der Waals surface area contributed by atoms with Gasteiger partial charge >= 0.3 is 0 Å². The van der Waals surface area contributed by atoms with E-state index in [4.69, 9.17) is 18.9 Å². The van der Waals surface area contributed by atoms with Crippen LogP contribution in [0.2, 0.25) is 0 Å². The van der Waals surface area contributed by atoms with E-state index in [1.54, 1.807) is 25.1 Å². The fourth-order valence-corrected chi connectivity index (χ4v) is 2.23. The molecule has 3 rings (SSSR count). The number of fused-ring (bicyclic) bond motifs is 1. The summed E-state index contributed by atoms with van der Waals surface area (Å²) < 4.78 is 34.3. The maximum atomic E-state index is 12.8. The van der Waals surface area contributed by atoms with Crippen LogP contribution in [0.1, 0.15) is 6.92 Å². The molecule has 25 heavy (non-hydrogen) atoms. The van der Waals surface area contributed by atoms with Gasteiger partial charge in [-0.05, 0) is 43.3 Å². The standard InChI is InChI=1S/C18H18FNO5/c1-12(25-15-6-7-16-17(10-15)24-11-23-16)18(21)20-8-9-22-14-4-2-13(19)3-5-14/h2-7,10,12H,8-9,11H2,1H3,(H,20,21)/t12-/m0/s1. The van der Waals surface area contributed by atoms with Gasteiger partial charge in [0, 0.05) is 6.07 Å². The molecule has 0 saturated heterocycles. The summed E-state index contributed by atoms with van der Waals surface area (Å²) in [5.41, 5.74) is 0. The quantitative estimate of drug-likeness (QED) is 0.780. The fourth-order valence-electron chi connectivity index (χ4n) is 2.23. The second-order valence-corrected chi connectivity index (χ2v) is 5.37. The van der Waals surface area contributed by atoms with E-state index in [2.05, 4.69) is 5.32 Å². The molecule has 0 spiro atoms. The van der Waals surface area contributed by atoms with Crippen LogP contribution < -0.4 is 24.3 Å². The molecular formula is C18H18FNO5. The first-order valence-electron chi connectivity index (χ1n) is 7.84. The SMILES string of the molecule is C[C@H](Oc1ccc2c(c1)OCO2)C(=O)NCCOc1ccc(F)cc1. The third-order valence-corrected chi connectivity index (χ3v) is 3.51. The summed E-state index contributed by atoms with van der Waals surface area (Å²) in [7, 11) is 0. The zero-order valence-corrected chi connectivity index (χ0v) is 13.7. The third-order valence-electron chi connectivity index (χ3n) is 3.51. The molecule has 1 aliphatic rings. The van der Waals surface area contributed by atoms with Gasteiger partial charge in [0.15, 0.2) is 17.6 Å². The third kappa shape index (κ3) is 4.53. The van der Waals surface area contributed by atoms with Crippen LogP contribution in [0.5, 0.6) is 23.0 Å². The highest BCUT2D eigenvalue weighted by Gasteiger charge is 2.17. The zero-order chi connectivity index (χ0) is 17.6. The molecule has 0 saturated carbocycles. The molecular weight excluding hydrogens is 329 g/mol. The largest absolute Gasteiger partial charge is 0.492 e. The van der Waals surface area contributed by atoms with Crippen LogP contribution in [-0.2, 0) is 4.79 Å². The molecule has 132 valence electrons. The number of nitrogens with one attached hydrogen (secondary N) is 1. The minimum Gasteiger partial charge on any atom is -0.492 e. The van der Waals surface area contributed by atoms with Crippen molar-refractivity contribution in [2.45, 2.75) is 13.0 Å². The van der Waals surface area contributed by atoms with E-state index in [9.17, 15) is 9.18 Å². The first-order chi connectivity index (χ1) is 12.1. The lowest BCUT2D eigenvalue weighted by atomic mass is 10.3. The Labute approximate surface area is 144 Å². The van der Waals surface area contributed by atoms with Gasteiger partial charge in [0.25, 0.3) is 5.91 Å². The number of hydrogen-bond acceptors (Lipinski definition) is 5. The lowest BCUT2D eigenvalue weighted by molar-refractivity contribution is -0.127. The molecule has 2 aromatic rings. The van der Waals surface area contributed by atoms with Crippen LogP contribution >= 0.6 is 0 Å². The molecule has 0 bridgehead atoms. The molecule has 1 amide bonds. The van der Waals surface area contributed by atoms with Crippen LogP contribution in [0.3, 0.4) is 0 Å². The second kappa shape index (κ2) is 7.74. The number of ether oxygens (including phenoxy) is 4. The van der Waals surface area contributed by atoms with Gasteiger partial charge in [0.1, 0.15) is 23.9 Å². The second-order valence-electron chi connectivity index (χ2n) is 5.37. The van der Waals surface area contributed by atoms with Crippen molar-refractivity contribution >= 4 is 5.91 Å². The summed E-state index contributed by atoms with van der Waals surface area (Å²) in [6, 6.07) is 10.8. The minimum absolute atomic E-state index is 0.183. The number of benzene rings is 2. The number of hydrogen-bond donors (Lipinski definition) is 1. The predicted molar refractivity (Wildman–Crippen MR) is 87.6 cm³/mol. The molecule has 0 unspecified atom stereocenters. The molecule has 1 N–H and O–H groups in total. The van der Waals surface area contributed by atoms with E-state index in [1.165, 1.54) is 24.3 Å². The first kappa shape index (κ1) is 16.9. The van der Waals surface area contributed by atoms with Gasteiger partial charge in [-0.15, -0.1) is 0 Å². The average molecular weight is 347 g/mol. The molecule has 0 fully saturated rings. The summed E-state index contributed by atoms with van der Waals surface area (Å²) in [6.07, 6.45) is -0.675. The zero-order valence-electron chi connectivity index (χ0n) is 13.7. The Kier molecular flexibility index (Phi) is 5.23. The molecule has 0 aromatic heterocycles. The Bertz CT molecular complexity index is 735. The Balaban J connectivity index is 1.41. The van der Waals surface area contributed by atoms with Crippen molar-refractivity contribution in [2.75, 3.05) is 19.9 Å². The fraction of sp³-hybridized carbons (Fsp3) is 0.278. The summed E-state index contributed by atoms with van der Waals surface area (Å²) in [5.74, 6) is 1.73. The van der Waals surface area contributed by atoms with Gasteiger partial charge in [0.05, 0.1) is 6.54 Å². The van der Waals surface area contributed by atoms with Crippen molar-refractivity contribution in [3.05, 3.63) is 48.3 Å². The van der Waals surface area contributed by atoms with Crippen LogP contribution in [0.4, 0.5) is 4.39 Å². The van der Waals surface area contributed by atoms with E-state index in [0.29, 0.717) is 29.5 Å². The van der Waals surface area contributed by atoms with Crippen molar-refractivity contribution < 1.29 is 28.1 Å². The van der Waals surface area contributed by atoms with Gasteiger partial charge in [-0.3, -0.25) is 4.79 Å². The van der Waals surface area contributed by atoms with Crippen molar-refractivity contribution in [1.82, 2.24) is 5.32 Å². The molecule has 0 radical (unpaired) electrons. The van der Waals surface area contributed by atoms with Crippen LogP contribution in [0.25, 0.3) is 0 Å². The summed E-state index contributed by atoms with van der Waals surface area (Å²) >= 11 is 0. The van der Waals surface area contributed by atoms with E-state index < -0.39 is 6.10 Å². The highest BCUT2D eigenvalue weighted by atomic mass is 19.1. The molecule has 0 aliphatic carbocycles. The normalized spacial score (nSPS) is 13.2. The van der Waals surface area contributed by atoms with Gasteiger partial charge in [0.2, 0.25) is 6.79 Å². The van der Waals surface area contributed by atoms with Crippen molar-refractivity contribution in [3.63, 3.8) is 0 Å². The average Bonchev–Trinajstić information content (AvgIpc) is 3.07. The van der Waals surface area contributed by atoms with E-state index in [-0.39, 0.29) is 25.1 Å². The Morgan fingerprint density at radius 1 is 1.16 bits per heavy atom. The highest BCUT2D eigenvalue weighted by molar-refractivity contribution is 5.80. The highest BCUT2D eigenvalue weighted by Crippen LogP contribution is 2.35. The van der Waals surface area contributed by atoms with Crippen LogP contribution in [0.15, 0.2) is 42.5 Å².